The zero-order valence-electron chi connectivity index (χ0n) is 15.9. The molecule has 1 aromatic carbocycles. The number of amides is 1. The van der Waals surface area contributed by atoms with E-state index >= 15 is 0 Å². The van der Waals surface area contributed by atoms with E-state index in [1.807, 2.05) is 45.0 Å². The molecule has 1 unspecified atom stereocenters. The lowest BCUT2D eigenvalue weighted by atomic mass is 9.94. The zero-order chi connectivity index (χ0) is 18.4. The Morgan fingerprint density at radius 1 is 1.23 bits per heavy atom. The van der Waals surface area contributed by atoms with Crippen molar-refractivity contribution < 1.29 is 14.3 Å². The lowest BCUT2D eigenvalue weighted by Gasteiger charge is -2.24. The number of halogens is 1. The summed E-state index contributed by atoms with van der Waals surface area (Å²) in [6.45, 7) is 6.18. The Morgan fingerprint density at radius 2 is 1.88 bits per heavy atom. The van der Waals surface area contributed by atoms with Crippen molar-refractivity contribution in [1.82, 2.24) is 5.32 Å². The number of carbonyl (C=O) groups excluding carboxylic acids is 2. The van der Waals surface area contributed by atoms with Crippen LogP contribution in [0.5, 0.6) is 0 Å². The molecule has 1 fully saturated rings. The van der Waals surface area contributed by atoms with E-state index in [9.17, 15) is 9.59 Å². The first-order valence-electron chi connectivity index (χ1n) is 9.17. The average Bonchev–Trinajstić information content (AvgIpc) is 3.03. The molecule has 0 aliphatic heterocycles. The van der Waals surface area contributed by atoms with Crippen molar-refractivity contribution in [3.05, 3.63) is 35.4 Å². The molecule has 0 spiro atoms. The van der Waals surface area contributed by atoms with Crippen LogP contribution in [0, 0.1) is 18.8 Å². The van der Waals surface area contributed by atoms with E-state index in [0.29, 0.717) is 6.54 Å². The topological polar surface area (TPSA) is 81.4 Å². The fourth-order valence-electron chi connectivity index (χ4n) is 3.47. The number of nitrogens with one attached hydrogen (secondary N) is 1. The number of esters is 1. The minimum atomic E-state index is -0.377. The molecule has 2 rings (SSSR count). The second kappa shape index (κ2) is 10.5. The monoisotopic (exact) mass is 382 g/mol. The second-order valence-electron chi connectivity index (χ2n) is 7.25. The second-order valence-corrected chi connectivity index (χ2v) is 7.25. The Bertz CT molecular complexity index is 589. The lowest BCUT2D eigenvalue weighted by Crippen LogP contribution is -2.38. The molecule has 1 aliphatic rings. The summed E-state index contributed by atoms with van der Waals surface area (Å²) in [5.41, 5.74) is 7.86. The normalized spacial score (nSPS) is 20.3. The third-order valence-corrected chi connectivity index (χ3v) is 4.83. The maximum atomic E-state index is 12.8. The van der Waals surface area contributed by atoms with Crippen molar-refractivity contribution in [1.29, 1.82) is 0 Å². The molecule has 0 saturated heterocycles. The van der Waals surface area contributed by atoms with E-state index < -0.39 is 0 Å². The van der Waals surface area contributed by atoms with E-state index in [1.165, 1.54) is 0 Å². The standard InChI is InChI=1S/C20H30N2O3.ClH/c1-13(2)25-19(23)11-18(15-9-7-14(3)8-10-15)22-20(24)17-6-4-5-16(17)12-21;/h7-10,13,16-18H,4-6,11-12,21H2,1-3H3,(H,22,24);1H/t16-,17-,18?;/m1./s1. The highest BCUT2D eigenvalue weighted by atomic mass is 35.5. The van der Waals surface area contributed by atoms with Crippen LogP contribution in [0.3, 0.4) is 0 Å². The van der Waals surface area contributed by atoms with Crippen molar-refractivity contribution in [3.8, 4) is 0 Å². The van der Waals surface area contributed by atoms with Gasteiger partial charge in [-0.15, -0.1) is 12.4 Å². The first-order chi connectivity index (χ1) is 11.9. The largest absolute Gasteiger partial charge is 0.463 e. The molecule has 1 saturated carbocycles. The summed E-state index contributed by atoms with van der Waals surface area (Å²) >= 11 is 0. The summed E-state index contributed by atoms with van der Waals surface area (Å²) in [6, 6.07) is 7.51. The van der Waals surface area contributed by atoms with Gasteiger partial charge in [-0.25, -0.2) is 0 Å². The van der Waals surface area contributed by atoms with Crippen LogP contribution in [0.1, 0.15) is 56.7 Å². The Labute approximate surface area is 162 Å². The third-order valence-electron chi connectivity index (χ3n) is 4.83. The van der Waals surface area contributed by atoms with E-state index in [1.54, 1.807) is 0 Å². The Balaban J connectivity index is 0.00000338. The van der Waals surface area contributed by atoms with Crippen LogP contribution < -0.4 is 11.1 Å². The van der Waals surface area contributed by atoms with Crippen LogP contribution in [0.4, 0.5) is 0 Å². The van der Waals surface area contributed by atoms with Crippen LogP contribution in [0.2, 0.25) is 0 Å². The molecular formula is C20H31ClN2O3. The quantitative estimate of drug-likeness (QED) is 0.709. The molecule has 1 aliphatic carbocycles. The molecule has 26 heavy (non-hydrogen) atoms. The highest BCUT2D eigenvalue weighted by molar-refractivity contribution is 5.85. The lowest BCUT2D eigenvalue weighted by molar-refractivity contribution is -0.148. The number of hydrogen-bond donors (Lipinski definition) is 2. The minimum Gasteiger partial charge on any atom is -0.463 e. The van der Waals surface area contributed by atoms with Crippen LogP contribution in [-0.4, -0.2) is 24.5 Å². The predicted molar refractivity (Wildman–Crippen MR) is 105 cm³/mol. The van der Waals surface area contributed by atoms with E-state index in [-0.39, 0.29) is 54.7 Å². The van der Waals surface area contributed by atoms with Gasteiger partial charge in [0.05, 0.1) is 18.6 Å². The number of carbonyl (C=O) groups is 2. The molecule has 0 radical (unpaired) electrons. The maximum Gasteiger partial charge on any atom is 0.308 e. The summed E-state index contributed by atoms with van der Waals surface area (Å²) in [6.07, 6.45) is 2.86. The minimum absolute atomic E-state index is 0. The number of benzene rings is 1. The summed E-state index contributed by atoms with van der Waals surface area (Å²) < 4.78 is 5.27. The maximum absolute atomic E-state index is 12.8. The van der Waals surface area contributed by atoms with Crippen molar-refractivity contribution >= 4 is 24.3 Å². The number of aryl methyl sites for hydroxylation is 1. The van der Waals surface area contributed by atoms with E-state index in [4.69, 9.17) is 10.5 Å². The SMILES string of the molecule is Cc1ccc(C(CC(=O)OC(C)C)NC(=O)[C@@H]2CCC[C@@H]2CN)cc1.Cl. The molecular weight excluding hydrogens is 352 g/mol. The Kier molecular flexibility index (Phi) is 9.09. The molecule has 3 atom stereocenters. The first kappa shape index (κ1) is 22.5. The van der Waals surface area contributed by atoms with Gasteiger partial charge < -0.3 is 15.8 Å². The van der Waals surface area contributed by atoms with Crippen molar-refractivity contribution in [3.63, 3.8) is 0 Å². The summed E-state index contributed by atoms with van der Waals surface area (Å²) in [7, 11) is 0. The number of hydrogen-bond acceptors (Lipinski definition) is 4. The summed E-state index contributed by atoms with van der Waals surface area (Å²) in [4.78, 5) is 24.9. The van der Waals surface area contributed by atoms with Crippen LogP contribution in [0.25, 0.3) is 0 Å². The van der Waals surface area contributed by atoms with Crippen LogP contribution >= 0.6 is 12.4 Å². The number of ether oxygens (including phenoxy) is 1. The highest BCUT2D eigenvalue weighted by Gasteiger charge is 2.33. The molecule has 1 aromatic rings. The molecule has 1 amide bonds. The van der Waals surface area contributed by atoms with E-state index in [2.05, 4.69) is 5.32 Å². The summed E-state index contributed by atoms with van der Waals surface area (Å²) in [5.74, 6) is -0.126. The van der Waals surface area contributed by atoms with Crippen LogP contribution in [0.15, 0.2) is 24.3 Å². The van der Waals surface area contributed by atoms with Gasteiger partial charge in [-0.2, -0.15) is 0 Å². The van der Waals surface area contributed by atoms with Crippen molar-refractivity contribution in [2.75, 3.05) is 6.54 Å². The van der Waals surface area contributed by atoms with Gasteiger partial charge in [0.25, 0.3) is 0 Å². The number of rotatable bonds is 7. The Morgan fingerprint density at radius 3 is 2.46 bits per heavy atom. The molecule has 0 bridgehead atoms. The molecule has 146 valence electrons. The van der Waals surface area contributed by atoms with Crippen molar-refractivity contribution in [2.24, 2.45) is 17.6 Å². The molecule has 6 heteroatoms. The molecule has 5 nitrogen and oxygen atoms in total. The molecule has 0 heterocycles. The highest BCUT2D eigenvalue weighted by Crippen LogP contribution is 2.32. The van der Waals surface area contributed by atoms with Crippen molar-refractivity contribution in [2.45, 2.75) is 58.6 Å². The predicted octanol–water partition coefficient (Wildman–Crippen LogP) is 3.29. The van der Waals surface area contributed by atoms with Gasteiger partial charge in [0.2, 0.25) is 5.91 Å². The van der Waals surface area contributed by atoms with Gasteiger partial charge in [-0.3, -0.25) is 9.59 Å². The smallest absolute Gasteiger partial charge is 0.308 e. The van der Waals surface area contributed by atoms with Gasteiger partial charge >= 0.3 is 5.97 Å². The van der Waals surface area contributed by atoms with Gasteiger partial charge in [-0.1, -0.05) is 36.2 Å². The Hall–Kier alpha value is -1.59. The summed E-state index contributed by atoms with van der Waals surface area (Å²) in [5, 5.41) is 3.07. The first-order valence-corrected chi connectivity index (χ1v) is 9.17. The van der Waals surface area contributed by atoms with Crippen LogP contribution in [-0.2, 0) is 14.3 Å². The fourth-order valence-corrected chi connectivity index (χ4v) is 3.47. The van der Waals surface area contributed by atoms with Gasteiger partial charge in [0, 0.05) is 5.92 Å². The molecule has 3 N–H and O–H groups in total. The van der Waals surface area contributed by atoms with Gasteiger partial charge in [0.15, 0.2) is 0 Å². The third kappa shape index (κ3) is 6.29. The average molecular weight is 383 g/mol. The van der Waals surface area contributed by atoms with Gasteiger partial charge in [-0.05, 0) is 51.6 Å². The fraction of sp³-hybridized carbons (Fsp3) is 0.600. The zero-order valence-corrected chi connectivity index (χ0v) is 16.7. The van der Waals surface area contributed by atoms with E-state index in [0.717, 1.165) is 30.4 Å². The number of nitrogens with two attached hydrogens (primary N) is 1. The van der Waals surface area contributed by atoms with Gasteiger partial charge in [0.1, 0.15) is 0 Å². The molecule has 0 aromatic heterocycles.